The molecule has 0 saturated carbocycles. The highest BCUT2D eigenvalue weighted by Crippen LogP contribution is 2.11. The van der Waals surface area contributed by atoms with Crippen LogP contribution in [0.3, 0.4) is 0 Å². The standard InChI is InChI=1S/C7H10BrN3O/c1-5-7(9-2-3-12)10-4-6(8)11-5/h4,12H,2-3H2,1H3,(H,9,10). The van der Waals surface area contributed by atoms with Gasteiger partial charge in [0.1, 0.15) is 10.4 Å². The number of hydrogen-bond acceptors (Lipinski definition) is 4. The highest BCUT2D eigenvalue weighted by molar-refractivity contribution is 9.10. The summed E-state index contributed by atoms with van der Waals surface area (Å²) in [6.07, 6.45) is 1.62. The second kappa shape index (κ2) is 4.37. The number of rotatable bonds is 3. The van der Waals surface area contributed by atoms with Gasteiger partial charge in [0, 0.05) is 6.54 Å². The summed E-state index contributed by atoms with van der Waals surface area (Å²) in [5.41, 5.74) is 0.817. The van der Waals surface area contributed by atoms with E-state index in [9.17, 15) is 0 Å². The van der Waals surface area contributed by atoms with E-state index in [0.717, 1.165) is 10.3 Å². The summed E-state index contributed by atoms with van der Waals surface area (Å²) in [5.74, 6) is 0.715. The van der Waals surface area contributed by atoms with Gasteiger partial charge in [0.15, 0.2) is 0 Å². The second-order valence-electron chi connectivity index (χ2n) is 2.28. The Morgan fingerprint density at radius 2 is 2.42 bits per heavy atom. The molecule has 0 radical (unpaired) electrons. The molecule has 0 amide bonds. The number of anilines is 1. The maximum absolute atomic E-state index is 8.55. The van der Waals surface area contributed by atoms with Gasteiger partial charge in [-0.1, -0.05) is 0 Å². The van der Waals surface area contributed by atoms with Crippen molar-refractivity contribution in [2.45, 2.75) is 6.92 Å². The van der Waals surface area contributed by atoms with Crippen molar-refractivity contribution in [1.82, 2.24) is 9.97 Å². The van der Waals surface area contributed by atoms with Crippen molar-refractivity contribution in [1.29, 1.82) is 0 Å². The van der Waals surface area contributed by atoms with Gasteiger partial charge in [0.2, 0.25) is 0 Å². The van der Waals surface area contributed by atoms with E-state index in [1.54, 1.807) is 6.20 Å². The van der Waals surface area contributed by atoms with Gasteiger partial charge >= 0.3 is 0 Å². The van der Waals surface area contributed by atoms with Crippen LogP contribution < -0.4 is 5.32 Å². The highest BCUT2D eigenvalue weighted by atomic mass is 79.9. The Morgan fingerprint density at radius 1 is 1.67 bits per heavy atom. The maximum atomic E-state index is 8.55. The molecule has 0 aromatic carbocycles. The summed E-state index contributed by atoms with van der Waals surface area (Å²) >= 11 is 3.21. The first kappa shape index (κ1) is 9.41. The lowest BCUT2D eigenvalue weighted by Crippen LogP contribution is -2.08. The summed E-state index contributed by atoms with van der Waals surface area (Å²) in [7, 11) is 0. The average molecular weight is 232 g/mol. The molecule has 0 bridgehead atoms. The van der Waals surface area contributed by atoms with Crippen molar-refractivity contribution in [2.75, 3.05) is 18.5 Å². The molecule has 66 valence electrons. The van der Waals surface area contributed by atoms with Crippen LogP contribution in [0.1, 0.15) is 5.69 Å². The van der Waals surface area contributed by atoms with Gasteiger partial charge in [-0.25, -0.2) is 9.97 Å². The number of aryl methyl sites for hydroxylation is 1. The van der Waals surface area contributed by atoms with Gasteiger partial charge in [0.25, 0.3) is 0 Å². The molecule has 1 heterocycles. The lowest BCUT2D eigenvalue weighted by molar-refractivity contribution is 0.311. The molecule has 0 fully saturated rings. The van der Waals surface area contributed by atoms with Gasteiger partial charge in [-0.15, -0.1) is 0 Å². The van der Waals surface area contributed by atoms with Crippen LogP contribution in [0.15, 0.2) is 10.8 Å². The Kier molecular flexibility index (Phi) is 3.43. The van der Waals surface area contributed by atoms with E-state index in [1.165, 1.54) is 0 Å². The molecule has 0 aliphatic carbocycles. The average Bonchev–Trinajstić information content (AvgIpc) is 2.03. The smallest absolute Gasteiger partial charge is 0.147 e. The molecule has 4 nitrogen and oxygen atoms in total. The predicted octanol–water partition coefficient (Wildman–Crippen LogP) is 0.952. The third kappa shape index (κ3) is 2.42. The number of nitrogens with one attached hydrogen (secondary N) is 1. The van der Waals surface area contributed by atoms with Crippen molar-refractivity contribution in [3.05, 3.63) is 16.5 Å². The van der Waals surface area contributed by atoms with Crippen molar-refractivity contribution in [3.8, 4) is 0 Å². The van der Waals surface area contributed by atoms with E-state index in [1.807, 2.05) is 6.92 Å². The van der Waals surface area contributed by atoms with Crippen molar-refractivity contribution < 1.29 is 5.11 Å². The molecular weight excluding hydrogens is 222 g/mol. The molecule has 12 heavy (non-hydrogen) atoms. The van der Waals surface area contributed by atoms with Crippen LogP contribution in [0, 0.1) is 6.92 Å². The van der Waals surface area contributed by atoms with Crippen molar-refractivity contribution in [3.63, 3.8) is 0 Å². The molecule has 0 atom stereocenters. The zero-order valence-electron chi connectivity index (χ0n) is 6.71. The fourth-order valence-corrected chi connectivity index (χ4v) is 1.17. The van der Waals surface area contributed by atoms with Crippen LogP contribution in [0.5, 0.6) is 0 Å². The van der Waals surface area contributed by atoms with Crippen LogP contribution in [-0.4, -0.2) is 28.2 Å². The molecule has 0 aliphatic heterocycles. The normalized spacial score (nSPS) is 9.92. The Balaban J connectivity index is 2.72. The minimum atomic E-state index is 0.0944. The third-order valence-electron chi connectivity index (χ3n) is 1.32. The first-order valence-electron chi connectivity index (χ1n) is 3.58. The molecule has 0 saturated heterocycles. The van der Waals surface area contributed by atoms with Crippen LogP contribution in [-0.2, 0) is 0 Å². The fraction of sp³-hybridized carbons (Fsp3) is 0.429. The largest absolute Gasteiger partial charge is 0.395 e. The van der Waals surface area contributed by atoms with Gasteiger partial charge in [-0.05, 0) is 22.9 Å². The molecule has 5 heteroatoms. The predicted molar refractivity (Wildman–Crippen MR) is 50.0 cm³/mol. The van der Waals surface area contributed by atoms with E-state index in [-0.39, 0.29) is 6.61 Å². The van der Waals surface area contributed by atoms with Crippen LogP contribution in [0.25, 0.3) is 0 Å². The SMILES string of the molecule is Cc1nc(Br)cnc1NCCO. The molecule has 1 aromatic heterocycles. The lowest BCUT2D eigenvalue weighted by Gasteiger charge is -2.05. The molecular formula is C7H10BrN3O. The Hall–Kier alpha value is -0.680. The fourth-order valence-electron chi connectivity index (χ4n) is 0.801. The molecule has 0 aliphatic rings. The highest BCUT2D eigenvalue weighted by Gasteiger charge is 1.99. The minimum Gasteiger partial charge on any atom is -0.395 e. The minimum absolute atomic E-state index is 0.0944. The van der Waals surface area contributed by atoms with Gasteiger partial charge in [-0.3, -0.25) is 0 Å². The summed E-state index contributed by atoms with van der Waals surface area (Å²) in [6.45, 7) is 2.45. The van der Waals surface area contributed by atoms with Crippen molar-refractivity contribution in [2.24, 2.45) is 0 Å². The molecule has 0 spiro atoms. The van der Waals surface area contributed by atoms with E-state index in [0.29, 0.717) is 12.4 Å². The molecule has 1 aromatic rings. The van der Waals surface area contributed by atoms with Crippen LogP contribution in [0.2, 0.25) is 0 Å². The van der Waals surface area contributed by atoms with E-state index < -0.39 is 0 Å². The molecule has 2 N–H and O–H groups in total. The number of aromatic nitrogens is 2. The van der Waals surface area contributed by atoms with Gasteiger partial charge in [-0.2, -0.15) is 0 Å². The topological polar surface area (TPSA) is 58.0 Å². The van der Waals surface area contributed by atoms with Gasteiger partial charge in [0.05, 0.1) is 18.5 Å². The molecule has 1 rings (SSSR count). The lowest BCUT2D eigenvalue weighted by atomic mass is 10.4. The monoisotopic (exact) mass is 231 g/mol. The van der Waals surface area contributed by atoms with Crippen LogP contribution in [0.4, 0.5) is 5.82 Å². The van der Waals surface area contributed by atoms with Gasteiger partial charge < -0.3 is 10.4 Å². The number of nitrogens with zero attached hydrogens (tertiary/aromatic N) is 2. The maximum Gasteiger partial charge on any atom is 0.147 e. The number of aliphatic hydroxyl groups is 1. The third-order valence-corrected chi connectivity index (χ3v) is 1.70. The quantitative estimate of drug-likeness (QED) is 0.814. The zero-order chi connectivity index (χ0) is 8.97. The van der Waals surface area contributed by atoms with Crippen molar-refractivity contribution >= 4 is 21.7 Å². The summed E-state index contributed by atoms with van der Waals surface area (Å²) < 4.78 is 0.717. The zero-order valence-corrected chi connectivity index (χ0v) is 8.30. The first-order chi connectivity index (χ1) is 5.74. The van der Waals surface area contributed by atoms with E-state index in [2.05, 4.69) is 31.2 Å². The van der Waals surface area contributed by atoms with E-state index >= 15 is 0 Å². The summed E-state index contributed by atoms with van der Waals surface area (Å²) in [5, 5.41) is 11.5. The Morgan fingerprint density at radius 3 is 3.00 bits per heavy atom. The summed E-state index contributed by atoms with van der Waals surface area (Å²) in [6, 6.07) is 0. The van der Waals surface area contributed by atoms with E-state index in [4.69, 9.17) is 5.11 Å². The first-order valence-corrected chi connectivity index (χ1v) is 4.37. The number of hydrogen-bond donors (Lipinski definition) is 2. The Bertz CT molecular complexity index is 267. The summed E-state index contributed by atoms with van der Waals surface area (Å²) in [4.78, 5) is 8.22. The number of aliphatic hydroxyl groups excluding tert-OH is 1. The second-order valence-corrected chi connectivity index (χ2v) is 3.09. The number of halogens is 1. The molecule has 0 unspecified atom stereocenters. The Labute approximate surface area is 79.2 Å². The van der Waals surface area contributed by atoms with Crippen LogP contribution >= 0.6 is 15.9 Å².